The first-order valence-corrected chi connectivity index (χ1v) is 9.34. The van der Waals surface area contributed by atoms with Crippen LogP contribution in [0.15, 0.2) is 71.7 Å². The van der Waals surface area contributed by atoms with Gasteiger partial charge in [0.1, 0.15) is 6.34 Å². The molecule has 0 aromatic heterocycles. The lowest BCUT2D eigenvalue weighted by molar-refractivity contribution is -0.385. The fourth-order valence-corrected chi connectivity index (χ4v) is 3.14. The predicted octanol–water partition coefficient (Wildman–Crippen LogP) is 5.82. The van der Waals surface area contributed by atoms with Crippen molar-refractivity contribution in [1.29, 1.82) is 0 Å². The normalized spacial score (nSPS) is 10.8. The lowest BCUT2D eigenvalue weighted by atomic mass is 10.1. The Morgan fingerprint density at radius 3 is 1.81 bits per heavy atom. The lowest BCUT2D eigenvalue weighted by Gasteiger charge is -2.19. The molecule has 0 saturated carbocycles. The fourth-order valence-electron chi connectivity index (χ4n) is 2.58. The fraction of sp³-hybridized carbons (Fsp3) is 0. The summed E-state index contributed by atoms with van der Waals surface area (Å²) >= 11 is 12.3. The topological polar surface area (TPSA) is 119 Å². The van der Waals surface area contributed by atoms with Crippen LogP contribution in [0.5, 0.6) is 0 Å². The number of amides is 1. The highest BCUT2D eigenvalue weighted by Gasteiger charge is 2.22. The minimum Gasteiger partial charge on any atom is -0.268 e. The van der Waals surface area contributed by atoms with Crippen molar-refractivity contribution in [2.24, 2.45) is 4.99 Å². The van der Waals surface area contributed by atoms with E-state index in [2.05, 4.69) is 4.99 Å². The maximum absolute atomic E-state index is 13.2. The molecule has 3 rings (SSSR count). The zero-order chi connectivity index (χ0) is 22.5. The Hall–Kier alpha value is -3.82. The molecule has 0 aliphatic carbocycles. The Balaban J connectivity index is 2.02. The Bertz CT molecular complexity index is 1160. The van der Waals surface area contributed by atoms with E-state index in [0.29, 0.717) is 5.69 Å². The van der Waals surface area contributed by atoms with Gasteiger partial charge in [0, 0.05) is 24.3 Å². The van der Waals surface area contributed by atoms with Gasteiger partial charge in [-0.25, -0.2) is 4.99 Å². The van der Waals surface area contributed by atoms with Crippen LogP contribution in [-0.4, -0.2) is 22.1 Å². The Labute approximate surface area is 185 Å². The first-order chi connectivity index (χ1) is 14.8. The number of halogens is 2. The quantitative estimate of drug-likeness (QED) is 0.199. The van der Waals surface area contributed by atoms with Gasteiger partial charge in [0.2, 0.25) is 0 Å². The molecule has 0 aliphatic heterocycles. The van der Waals surface area contributed by atoms with E-state index in [0.717, 1.165) is 4.90 Å². The van der Waals surface area contributed by atoms with Gasteiger partial charge in [-0.05, 0) is 36.4 Å². The number of nitro benzene ring substituents is 2. The maximum atomic E-state index is 13.2. The summed E-state index contributed by atoms with van der Waals surface area (Å²) in [4.78, 5) is 39.1. The highest BCUT2D eigenvalue weighted by molar-refractivity contribution is 6.41. The number of nitrogens with zero attached hydrogens (tertiary/aromatic N) is 4. The largest absolute Gasteiger partial charge is 0.269 e. The van der Waals surface area contributed by atoms with E-state index in [1.807, 2.05) is 0 Å². The van der Waals surface area contributed by atoms with Crippen molar-refractivity contribution in [2.45, 2.75) is 0 Å². The summed E-state index contributed by atoms with van der Waals surface area (Å²) in [7, 11) is 0. The molecule has 0 saturated heterocycles. The van der Waals surface area contributed by atoms with Crippen LogP contribution in [0.25, 0.3) is 0 Å². The van der Waals surface area contributed by atoms with Crippen LogP contribution in [0, 0.1) is 20.2 Å². The summed E-state index contributed by atoms with van der Waals surface area (Å²) < 4.78 is 0. The van der Waals surface area contributed by atoms with Crippen molar-refractivity contribution in [3.05, 3.63) is 103 Å². The summed E-state index contributed by atoms with van der Waals surface area (Å²) in [5.74, 6) is -0.616. The maximum Gasteiger partial charge on any atom is 0.269 e. The van der Waals surface area contributed by atoms with Gasteiger partial charge in [-0.15, -0.1) is 0 Å². The van der Waals surface area contributed by atoms with Crippen molar-refractivity contribution in [2.75, 3.05) is 4.90 Å². The second kappa shape index (κ2) is 9.33. The third-order valence-electron chi connectivity index (χ3n) is 4.12. The molecule has 0 fully saturated rings. The summed E-state index contributed by atoms with van der Waals surface area (Å²) in [6.45, 7) is 0. The molecule has 0 atom stereocenters. The van der Waals surface area contributed by atoms with Crippen LogP contribution < -0.4 is 4.90 Å². The minimum absolute atomic E-state index is 0.0272. The average Bonchev–Trinajstić information content (AvgIpc) is 2.74. The van der Waals surface area contributed by atoms with E-state index in [4.69, 9.17) is 23.2 Å². The van der Waals surface area contributed by atoms with Crippen LogP contribution in [0.1, 0.15) is 10.4 Å². The number of rotatable bonds is 6. The van der Waals surface area contributed by atoms with Crippen LogP contribution in [0.3, 0.4) is 0 Å². The van der Waals surface area contributed by atoms with Crippen molar-refractivity contribution >= 4 is 58.2 Å². The number of hydrogen-bond donors (Lipinski definition) is 0. The van der Waals surface area contributed by atoms with Crippen molar-refractivity contribution in [1.82, 2.24) is 0 Å². The number of aliphatic imine (C=N–C) groups is 1. The van der Waals surface area contributed by atoms with Gasteiger partial charge in [-0.3, -0.25) is 29.9 Å². The number of hydrogen-bond acceptors (Lipinski definition) is 6. The number of anilines is 1. The average molecular weight is 459 g/mol. The van der Waals surface area contributed by atoms with Gasteiger partial charge in [0.05, 0.1) is 36.8 Å². The van der Waals surface area contributed by atoms with Gasteiger partial charge < -0.3 is 0 Å². The summed E-state index contributed by atoms with van der Waals surface area (Å²) in [5.41, 5.74) is 0.386. The van der Waals surface area contributed by atoms with Gasteiger partial charge in [-0.1, -0.05) is 29.3 Å². The third kappa shape index (κ3) is 5.03. The van der Waals surface area contributed by atoms with Crippen LogP contribution >= 0.6 is 23.2 Å². The van der Waals surface area contributed by atoms with E-state index < -0.39 is 15.8 Å². The molecule has 0 N–H and O–H groups in total. The lowest BCUT2D eigenvalue weighted by Crippen LogP contribution is -2.30. The first kappa shape index (κ1) is 21.9. The van der Waals surface area contributed by atoms with E-state index in [9.17, 15) is 25.0 Å². The number of carbonyl (C=O) groups is 1. The predicted molar refractivity (Wildman–Crippen MR) is 118 cm³/mol. The molecular formula is C20H12Cl2N4O5. The molecule has 0 unspecified atom stereocenters. The zero-order valence-electron chi connectivity index (χ0n) is 15.5. The van der Waals surface area contributed by atoms with Gasteiger partial charge >= 0.3 is 0 Å². The standard InChI is InChI=1S/C20H12Cl2N4O5/c21-17-2-1-3-18(22)19(17)20(27)24(14-8-10-16(11-9-14)26(30)31)12-23-13-4-6-15(7-5-13)25(28)29/h1-12H. The second-order valence-corrected chi connectivity index (χ2v) is 6.88. The monoisotopic (exact) mass is 458 g/mol. The highest BCUT2D eigenvalue weighted by Crippen LogP contribution is 2.28. The minimum atomic E-state index is -0.616. The third-order valence-corrected chi connectivity index (χ3v) is 4.75. The molecule has 156 valence electrons. The molecule has 31 heavy (non-hydrogen) atoms. The van der Waals surface area contributed by atoms with Crippen molar-refractivity contribution < 1.29 is 14.6 Å². The molecule has 3 aromatic rings. The molecule has 1 amide bonds. The van der Waals surface area contributed by atoms with Crippen LogP contribution in [0.2, 0.25) is 10.0 Å². The van der Waals surface area contributed by atoms with E-state index in [1.165, 1.54) is 67.0 Å². The molecule has 0 heterocycles. The molecule has 0 aliphatic rings. The molecule has 3 aromatic carbocycles. The summed E-state index contributed by atoms with van der Waals surface area (Å²) in [6, 6.07) is 15.2. The molecule has 0 radical (unpaired) electrons. The highest BCUT2D eigenvalue weighted by atomic mass is 35.5. The van der Waals surface area contributed by atoms with E-state index in [-0.39, 0.29) is 32.7 Å². The number of carbonyl (C=O) groups excluding carboxylic acids is 1. The molecule has 9 nitrogen and oxygen atoms in total. The van der Waals surface area contributed by atoms with Gasteiger partial charge in [-0.2, -0.15) is 0 Å². The van der Waals surface area contributed by atoms with Gasteiger partial charge in [0.15, 0.2) is 0 Å². The Morgan fingerprint density at radius 2 is 1.32 bits per heavy atom. The van der Waals surface area contributed by atoms with E-state index in [1.54, 1.807) is 6.07 Å². The van der Waals surface area contributed by atoms with E-state index >= 15 is 0 Å². The zero-order valence-corrected chi connectivity index (χ0v) is 17.0. The summed E-state index contributed by atoms with van der Waals surface area (Å²) in [6.07, 6.45) is 1.18. The number of non-ortho nitro benzene ring substituents is 2. The van der Waals surface area contributed by atoms with Gasteiger partial charge in [0.25, 0.3) is 17.3 Å². The SMILES string of the molecule is O=C(c1c(Cl)cccc1Cl)N(C=Nc1ccc([N+](=O)[O-])cc1)c1ccc([N+](=O)[O-])cc1. The van der Waals surface area contributed by atoms with Crippen LogP contribution in [0.4, 0.5) is 22.7 Å². The Morgan fingerprint density at radius 1 is 0.839 bits per heavy atom. The first-order valence-electron chi connectivity index (χ1n) is 8.58. The summed E-state index contributed by atoms with van der Waals surface area (Å²) in [5, 5.41) is 22.0. The molecule has 0 bridgehead atoms. The van der Waals surface area contributed by atoms with Crippen molar-refractivity contribution in [3.63, 3.8) is 0 Å². The molecular weight excluding hydrogens is 447 g/mol. The number of nitro groups is 2. The van der Waals surface area contributed by atoms with Crippen molar-refractivity contribution in [3.8, 4) is 0 Å². The smallest absolute Gasteiger partial charge is 0.268 e. The number of benzene rings is 3. The van der Waals surface area contributed by atoms with Crippen LogP contribution in [-0.2, 0) is 0 Å². The second-order valence-electron chi connectivity index (χ2n) is 6.06. The Kier molecular flexibility index (Phi) is 6.58. The molecule has 0 spiro atoms. The molecule has 11 heteroatoms.